The van der Waals surface area contributed by atoms with E-state index >= 15 is 0 Å². The van der Waals surface area contributed by atoms with E-state index in [0.717, 1.165) is 12.1 Å². The summed E-state index contributed by atoms with van der Waals surface area (Å²) < 4.78 is 36.9. The van der Waals surface area contributed by atoms with Gasteiger partial charge in [-0.05, 0) is 23.7 Å². The van der Waals surface area contributed by atoms with Crippen LogP contribution in [0.15, 0.2) is 23.3 Å². The Kier molecular flexibility index (Phi) is 4.27. The van der Waals surface area contributed by atoms with Crippen molar-refractivity contribution in [3.63, 3.8) is 0 Å². The number of hydrogen-bond acceptors (Lipinski definition) is 1. The van der Waals surface area contributed by atoms with E-state index in [1.54, 1.807) is 0 Å². The van der Waals surface area contributed by atoms with E-state index in [1.807, 2.05) is 0 Å². The highest BCUT2D eigenvalue weighted by molar-refractivity contribution is 6.31. The molecule has 88 valence electrons. The highest BCUT2D eigenvalue weighted by Gasteiger charge is 2.30. The predicted octanol–water partition coefficient (Wildman–Crippen LogP) is 4.02. The molecule has 7 heteroatoms. The van der Waals surface area contributed by atoms with Crippen LogP contribution in [-0.2, 0) is 6.18 Å². The van der Waals surface area contributed by atoms with Gasteiger partial charge in [-0.1, -0.05) is 28.6 Å². The van der Waals surface area contributed by atoms with Gasteiger partial charge in [0, 0.05) is 10.5 Å². The molecule has 0 heterocycles. The lowest BCUT2D eigenvalue weighted by molar-refractivity contribution is -0.137. The summed E-state index contributed by atoms with van der Waals surface area (Å²) in [5.41, 5.74) is 7.41. The summed E-state index contributed by atoms with van der Waals surface area (Å²) in [4.78, 5) is 2.48. The number of benzene rings is 1. The summed E-state index contributed by atoms with van der Waals surface area (Å²) in [6.07, 6.45) is -4.43. The predicted molar refractivity (Wildman–Crippen MR) is 57.3 cm³/mol. The molecule has 0 saturated carbocycles. The third-order valence-corrected chi connectivity index (χ3v) is 2.05. The second kappa shape index (κ2) is 5.48. The van der Waals surface area contributed by atoms with Crippen LogP contribution in [0.4, 0.5) is 13.2 Å². The summed E-state index contributed by atoms with van der Waals surface area (Å²) >= 11 is 5.64. The number of rotatable bonds is 1. The number of azide groups is 1. The maximum atomic E-state index is 12.3. The zero-order valence-corrected chi connectivity index (χ0v) is 9.05. The fourth-order valence-corrected chi connectivity index (χ4v) is 1.22. The molecule has 0 aliphatic rings. The van der Waals surface area contributed by atoms with E-state index in [1.165, 1.54) is 6.07 Å². The third-order valence-electron chi connectivity index (χ3n) is 1.73. The molecule has 1 aromatic carbocycles. The van der Waals surface area contributed by atoms with Crippen molar-refractivity contribution in [3.05, 3.63) is 44.8 Å². The van der Waals surface area contributed by atoms with E-state index in [4.69, 9.17) is 17.1 Å². The largest absolute Gasteiger partial charge is 0.416 e. The van der Waals surface area contributed by atoms with Gasteiger partial charge in [0.2, 0.25) is 0 Å². The van der Waals surface area contributed by atoms with Crippen LogP contribution in [0.5, 0.6) is 0 Å². The molecular weight excluding hydrogens is 255 g/mol. The summed E-state index contributed by atoms with van der Waals surface area (Å²) in [5.74, 6) is 4.98. The van der Waals surface area contributed by atoms with E-state index in [0.29, 0.717) is 0 Å². The Morgan fingerprint density at radius 3 is 2.65 bits per heavy atom. The zero-order valence-electron chi connectivity index (χ0n) is 8.29. The molecule has 0 unspecified atom stereocenters. The third kappa shape index (κ3) is 3.91. The van der Waals surface area contributed by atoms with E-state index in [2.05, 4.69) is 21.9 Å². The molecule has 0 aliphatic heterocycles. The second-order valence-electron chi connectivity index (χ2n) is 2.88. The summed E-state index contributed by atoms with van der Waals surface area (Å²) in [6, 6.07) is 2.87. The first kappa shape index (κ1) is 13.2. The first-order chi connectivity index (χ1) is 7.95. The monoisotopic (exact) mass is 259 g/mol. The topological polar surface area (TPSA) is 48.8 Å². The van der Waals surface area contributed by atoms with E-state index in [-0.39, 0.29) is 17.1 Å². The molecule has 0 bridgehead atoms. The molecule has 17 heavy (non-hydrogen) atoms. The van der Waals surface area contributed by atoms with Crippen LogP contribution in [0.1, 0.15) is 11.1 Å². The van der Waals surface area contributed by atoms with Crippen molar-refractivity contribution in [1.29, 1.82) is 0 Å². The fourth-order valence-electron chi connectivity index (χ4n) is 0.995. The van der Waals surface area contributed by atoms with Crippen molar-refractivity contribution in [1.82, 2.24) is 0 Å². The van der Waals surface area contributed by atoms with Gasteiger partial charge in [0.25, 0.3) is 0 Å². The first-order valence-corrected chi connectivity index (χ1v) is 4.69. The molecule has 1 rings (SSSR count). The van der Waals surface area contributed by atoms with Crippen LogP contribution in [0.2, 0.25) is 5.02 Å². The van der Waals surface area contributed by atoms with Gasteiger partial charge in [-0.2, -0.15) is 13.2 Å². The van der Waals surface area contributed by atoms with Crippen LogP contribution < -0.4 is 0 Å². The molecule has 3 nitrogen and oxygen atoms in total. The summed E-state index contributed by atoms with van der Waals surface area (Å²) in [5, 5.41) is 3.07. The Balaban J connectivity index is 2.97. The van der Waals surface area contributed by atoms with Crippen LogP contribution in [-0.4, -0.2) is 6.54 Å². The van der Waals surface area contributed by atoms with Gasteiger partial charge >= 0.3 is 6.18 Å². The van der Waals surface area contributed by atoms with Crippen molar-refractivity contribution in [2.24, 2.45) is 5.11 Å². The average Bonchev–Trinajstić information content (AvgIpc) is 2.24. The average molecular weight is 260 g/mol. The highest BCUT2D eigenvalue weighted by Crippen LogP contribution is 2.31. The zero-order chi connectivity index (χ0) is 12.9. The van der Waals surface area contributed by atoms with Crippen LogP contribution in [0.3, 0.4) is 0 Å². The van der Waals surface area contributed by atoms with Gasteiger partial charge in [-0.15, -0.1) is 0 Å². The van der Waals surface area contributed by atoms with Crippen molar-refractivity contribution >= 4 is 11.6 Å². The Morgan fingerprint density at radius 2 is 2.12 bits per heavy atom. The van der Waals surface area contributed by atoms with E-state index in [9.17, 15) is 13.2 Å². The quantitative estimate of drug-likeness (QED) is 0.317. The Bertz CT molecular complexity index is 522. The number of alkyl halides is 3. The Morgan fingerprint density at radius 1 is 1.41 bits per heavy atom. The molecule has 0 spiro atoms. The minimum Gasteiger partial charge on any atom is -0.166 e. The number of hydrogen-bond donors (Lipinski definition) is 0. The fraction of sp³-hybridized carbons (Fsp3) is 0.200. The SMILES string of the molecule is [N-]=[N+]=NCC#Cc1ccc(C(F)(F)F)cc1Cl. The van der Waals surface area contributed by atoms with Gasteiger partial charge in [0.1, 0.15) is 0 Å². The smallest absolute Gasteiger partial charge is 0.166 e. The molecule has 1 aromatic rings. The lowest BCUT2D eigenvalue weighted by atomic mass is 10.1. The Hall–Kier alpha value is -1.83. The van der Waals surface area contributed by atoms with Crippen LogP contribution in [0, 0.1) is 11.8 Å². The minimum atomic E-state index is -4.43. The molecule has 0 aromatic heterocycles. The molecule has 0 radical (unpaired) electrons. The van der Waals surface area contributed by atoms with Gasteiger partial charge in [-0.25, -0.2) is 0 Å². The number of nitrogens with zero attached hydrogens (tertiary/aromatic N) is 3. The summed E-state index contributed by atoms with van der Waals surface area (Å²) in [7, 11) is 0. The van der Waals surface area contributed by atoms with Gasteiger partial charge in [0.15, 0.2) is 0 Å². The van der Waals surface area contributed by atoms with Gasteiger partial charge in [-0.3, -0.25) is 0 Å². The van der Waals surface area contributed by atoms with Crippen molar-refractivity contribution in [2.75, 3.05) is 6.54 Å². The molecule has 0 saturated heterocycles. The van der Waals surface area contributed by atoms with Crippen LogP contribution in [0.25, 0.3) is 10.4 Å². The van der Waals surface area contributed by atoms with Crippen LogP contribution >= 0.6 is 11.6 Å². The van der Waals surface area contributed by atoms with Crippen molar-refractivity contribution < 1.29 is 13.2 Å². The maximum Gasteiger partial charge on any atom is 0.416 e. The molecule has 0 amide bonds. The van der Waals surface area contributed by atoms with Crippen molar-refractivity contribution in [3.8, 4) is 11.8 Å². The molecule has 0 fully saturated rings. The van der Waals surface area contributed by atoms with E-state index < -0.39 is 11.7 Å². The molecule has 0 atom stereocenters. The molecule has 0 N–H and O–H groups in total. The summed E-state index contributed by atoms with van der Waals surface area (Å²) in [6.45, 7) is -0.0617. The second-order valence-corrected chi connectivity index (χ2v) is 3.29. The number of halogens is 4. The lowest BCUT2D eigenvalue weighted by Gasteiger charge is -2.07. The molecule has 0 aliphatic carbocycles. The lowest BCUT2D eigenvalue weighted by Crippen LogP contribution is -2.04. The normalized spacial score (nSPS) is 10.1. The Labute approximate surface area is 99.8 Å². The van der Waals surface area contributed by atoms with Crippen molar-refractivity contribution in [2.45, 2.75) is 6.18 Å². The standard InChI is InChI=1S/C10H5ClF3N3/c11-9-6-8(10(12,13)14)4-3-7(9)2-1-5-16-17-15/h3-4,6H,5H2. The molecular formula is C10H5ClF3N3. The minimum absolute atomic E-state index is 0.0617. The highest BCUT2D eigenvalue weighted by atomic mass is 35.5. The first-order valence-electron chi connectivity index (χ1n) is 4.31. The maximum absolute atomic E-state index is 12.3. The van der Waals surface area contributed by atoms with Gasteiger partial charge in [0.05, 0.1) is 17.1 Å². The van der Waals surface area contributed by atoms with Gasteiger partial charge < -0.3 is 0 Å².